The second-order valence-electron chi connectivity index (χ2n) is 6.03. The number of hydrogen-bond donors (Lipinski definition) is 2. The minimum Gasteiger partial charge on any atom is -0.399 e. The monoisotopic (exact) mass is 314 g/mol. The molecule has 0 aromatic heterocycles. The fourth-order valence-electron chi connectivity index (χ4n) is 2.84. The van der Waals surface area contributed by atoms with E-state index in [9.17, 15) is 12.8 Å². The van der Waals surface area contributed by atoms with E-state index >= 15 is 0 Å². The fraction of sp³-hybridized carbons (Fsp3) is 0.600. The molecule has 1 aliphatic rings. The van der Waals surface area contributed by atoms with E-state index in [-0.39, 0.29) is 10.6 Å². The van der Waals surface area contributed by atoms with Crippen LogP contribution in [0, 0.1) is 17.7 Å². The molecule has 1 saturated carbocycles. The minimum atomic E-state index is -3.69. The summed E-state index contributed by atoms with van der Waals surface area (Å²) in [7, 11) is -3.69. The Morgan fingerprint density at radius 2 is 1.90 bits per heavy atom. The lowest BCUT2D eigenvalue weighted by Crippen LogP contribution is -2.27. The first-order chi connectivity index (χ1) is 9.87. The van der Waals surface area contributed by atoms with Crippen LogP contribution in [0.4, 0.5) is 10.1 Å². The second-order valence-corrected chi connectivity index (χ2v) is 7.80. The quantitative estimate of drug-likeness (QED) is 0.821. The Labute approximate surface area is 126 Å². The van der Waals surface area contributed by atoms with Crippen LogP contribution in [0.5, 0.6) is 0 Å². The van der Waals surface area contributed by atoms with Gasteiger partial charge in [0.05, 0.1) is 4.90 Å². The smallest absolute Gasteiger partial charge is 0.240 e. The van der Waals surface area contributed by atoms with Crippen molar-refractivity contribution in [3.05, 3.63) is 24.0 Å². The molecule has 0 amide bonds. The third kappa shape index (κ3) is 4.68. The van der Waals surface area contributed by atoms with E-state index in [4.69, 9.17) is 5.73 Å². The van der Waals surface area contributed by atoms with Gasteiger partial charge in [-0.25, -0.2) is 17.5 Å². The Hall–Kier alpha value is -1.14. The van der Waals surface area contributed by atoms with Gasteiger partial charge in [-0.15, -0.1) is 0 Å². The van der Waals surface area contributed by atoms with E-state index in [0.717, 1.165) is 37.3 Å². The van der Waals surface area contributed by atoms with Gasteiger partial charge in [0, 0.05) is 12.2 Å². The summed E-state index contributed by atoms with van der Waals surface area (Å²) < 4.78 is 40.0. The summed E-state index contributed by atoms with van der Waals surface area (Å²) in [5.41, 5.74) is 5.59. The third-order valence-electron chi connectivity index (χ3n) is 4.18. The standard InChI is InChI=1S/C15H23FN2O2S/c1-11-2-4-12(5-3-11)6-7-18-21(19,20)15-9-13(16)8-14(17)10-15/h8-12,18H,2-7,17H2,1H3. The van der Waals surface area contributed by atoms with Gasteiger partial charge in [-0.3, -0.25) is 0 Å². The molecule has 4 nitrogen and oxygen atoms in total. The van der Waals surface area contributed by atoms with Crippen LogP contribution in [0.2, 0.25) is 0 Å². The number of sulfonamides is 1. The highest BCUT2D eigenvalue weighted by Gasteiger charge is 2.20. The number of benzene rings is 1. The van der Waals surface area contributed by atoms with Crippen LogP contribution in [0.1, 0.15) is 39.0 Å². The molecule has 21 heavy (non-hydrogen) atoms. The summed E-state index contributed by atoms with van der Waals surface area (Å²) in [5, 5.41) is 0. The first-order valence-electron chi connectivity index (χ1n) is 7.42. The molecule has 0 atom stereocenters. The molecule has 3 N–H and O–H groups in total. The average Bonchev–Trinajstić information content (AvgIpc) is 2.40. The molecule has 1 aromatic rings. The first-order valence-corrected chi connectivity index (χ1v) is 8.91. The molecule has 1 aromatic carbocycles. The molecule has 0 spiro atoms. The number of nitrogens with one attached hydrogen (secondary N) is 1. The van der Waals surface area contributed by atoms with Crippen molar-refractivity contribution in [2.45, 2.75) is 43.9 Å². The van der Waals surface area contributed by atoms with Gasteiger partial charge >= 0.3 is 0 Å². The van der Waals surface area contributed by atoms with Crippen molar-refractivity contribution in [1.82, 2.24) is 4.72 Å². The summed E-state index contributed by atoms with van der Waals surface area (Å²) in [4.78, 5) is -0.114. The molecule has 0 heterocycles. The van der Waals surface area contributed by atoms with Gasteiger partial charge in [-0.05, 0) is 36.5 Å². The average molecular weight is 314 g/mol. The van der Waals surface area contributed by atoms with Crippen molar-refractivity contribution in [3.63, 3.8) is 0 Å². The van der Waals surface area contributed by atoms with E-state index in [2.05, 4.69) is 11.6 Å². The molecular formula is C15H23FN2O2S. The van der Waals surface area contributed by atoms with Crippen LogP contribution in [0.15, 0.2) is 23.1 Å². The first kappa shape index (κ1) is 16.2. The summed E-state index contributed by atoms with van der Waals surface area (Å²) in [6.45, 7) is 2.64. The maximum Gasteiger partial charge on any atom is 0.240 e. The van der Waals surface area contributed by atoms with E-state index in [1.54, 1.807) is 0 Å². The zero-order valence-electron chi connectivity index (χ0n) is 12.3. The maximum atomic E-state index is 13.2. The SMILES string of the molecule is CC1CCC(CCNS(=O)(=O)c2cc(N)cc(F)c2)CC1. The predicted octanol–water partition coefficient (Wildman–Crippen LogP) is 2.90. The number of anilines is 1. The van der Waals surface area contributed by atoms with Crippen molar-refractivity contribution < 1.29 is 12.8 Å². The van der Waals surface area contributed by atoms with Crippen LogP contribution in [0.3, 0.4) is 0 Å². The number of nitrogen functional groups attached to an aromatic ring is 1. The lowest BCUT2D eigenvalue weighted by molar-refractivity contribution is 0.278. The van der Waals surface area contributed by atoms with Crippen LogP contribution in [-0.2, 0) is 10.0 Å². The summed E-state index contributed by atoms with van der Waals surface area (Å²) >= 11 is 0. The normalized spacial score (nSPS) is 23.1. The molecule has 1 fully saturated rings. The van der Waals surface area contributed by atoms with Gasteiger partial charge in [-0.1, -0.05) is 32.6 Å². The van der Waals surface area contributed by atoms with Crippen molar-refractivity contribution in [2.24, 2.45) is 11.8 Å². The van der Waals surface area contributed by atoms with Gasteiger partial charge in [0.25, 0.3) is 0 Å². The van der Waals surface area contributed by atoms with Crippen molar-refractivity contribution in [2.75, 3.05) is 12.3 Å². The summed E-state index contributed by atoms with van der Waals surface area (Å²) in [6, 6.07) is 3.36. The highest BCUT2D eigenvalue weighted by Crippen LogP contribution is 2.30. The Kier molecular flexibility index (Phi) is 5.22. The fourth-order valence-corrected chi connectivity index (χ4v) is 3.95. The molecule has 2 rings (SSSR count). The summed E-state index contributed by atoms with van der Waals surface area (Å²) in [5.74, 6) is 0.728. The molecular weight excluding hydrogens is 291 g/mol. The predicted molar refractivity (Wildman–Crippen MR) is 81.7 cm³/mol. The highest BCUT2D eigenvalue weighted by atomic mass is 32.2. The van der Waals surface area contributed by atoms with Gasteiger partial charge < -0.3 is 5.73 Å². The third-order valence-corrected chi connectivity index (χ3v) is 5.62. The maximum absolute atomic E-state index is 13.2. The number of halogens is 1. The van der Waals surface area contributed by atoms with Crippen molar-refractivity contribution in [3.8, 4) is 0 Å². The Morgan fingerprint density at radius 3 is 2.52 bits per heavy atom. The number of hydrogen-bond acceptors (Lipinski definition) is 3. The lowest BCUT2D eigenvalue weighted by Gasteiger charge is -2.26. The van der Waals surface area contributed by atoms with E-state index < -0.39 is 15.8 Å². The molecule has 0 bridgehead atoms. The van der Waals surface area contributed by atoms with Gasteiger partial charge in [0.2, 0.25) is 10.0 Å². The topological polar surface area (TPSA) is 72.2 Å². The molecule has 0 radical (unpaired) electrons. The minimum absolute atomic E-state index is 0.108. The largest absolute Gasteiger partial charge is 0.399 e. The van der Waals surface area contributed by atoms with Gasteiger partial charge in [0.1, 0.15) is 5.82 Å². The zero-order chi connectivity index (χ0) is 15.5. The van der Waals surface area contributed by atoms with Crippen LogP contribution < -0.4 is 10.5 Å². The van der Waals surface area contributed by atoms with E-state index in [1.807, 2.05) is 0 Å². The number of nitrogens with two attached hydrogens (primary N) is 1. The molecule has 0 unspecified atom stereocenters. The number of rotatable bonds is 5. The molecule has 6 heteroatoms. The Bertz CT molecular complexity index is 561. The second kappa shape index (κ2) is 6.75. The molecule has 118 valence electrons. The Balaban J connectivity index is 1.89. The molecule has 0 saturated heterocycles. The summed E-state index contributed by atoms with van der Waals surface area (Å²) in [6.07, 6.45) is 5.60. The molecule has 0 aliphatic heterocycles. The highest BCUT2D eigenvalue weighted by molar-refractivity contribution is 7.89. The lowest BCUT2D eigenvalue weighted by atomic mass is 9.81. The van der Waals surface area contributed by atoms with E-state index in [1.165, 1.54) is 18.9 Å². The Morgan fingerprint density at radius 1 is 1.24 bits per heavy atom. The van der Waals surface area contributed by atoms with Gasteiger partial charge in [-0.2, -0.15) is 0 Å². The van der Waals surface area contributed by atoms with Crippen LogP contribution in [0.25, 0.3) is 0 Å². The molecule has 1 aliphatic carbocycles. The van der Waals surface area contributed by atoms with Crippen LogP contribution in [-0.4, -0.2) is 15.0 Å². The van der Waals surface area contributed by atoms with Gasteiger partial charge in [0.15, 0.2) is 0 Å². The zero-order valence-corrected chi connectivity index (χ0v) is 13.1. The van der Waals surface area contributed by atoms with Crippen molar-refractivity contribution >= 4 is 15.7 Å². The van der Waals surface area contributed by atoms with E-state index in [0.29, 0.717) is 12.5 Å². The van der Waals surface area contributed by atoms with Crippen molar-refractivity contribution in [1.29, 1.82) is 0 Å². The van der Waals surface area contributed by atoms with Crippen LogP contribution >= 0.6 is 0 Å².